The highest BCUT2D eigenvalue weighted by molar-refractivity contribution is 6.30. The van der Waals surface area contributed by atoms with Gasteiger partial charge in [0.2, 0.25) is 0 Å². The molecule has 1 aliphatic rings. The molecule has 6 heteroatoms. The quantitative estimate of drug-likeness (QED) is 0.498. The molecule has 0 bridgehead atoms. The van der Waals surface area contributed by atoms with Crippen molar-refractivity contribution in [2.45, 2.75) is 27.0 Å². The fraction of sp³-hybridized carbons (Fsp3) is 0.240. The van der Waals surface area contributed by atoms with Crippen LogP contribution in [0.25, 0.3) is 16.6 Å². The number of hydrogen-bond donors (Lipinski definition) is 1. The first-order valence-corrected chi connectivity index (χ1v) is 10.4. The van der Waals surface area contributed by atoms with Crippen molar-refractivity contribution >= 4 is 22.5 Å². The number of nitrogens with one attached hydrogen (secondary N) is 1. The van der Waals surface area contributed by atoms with E-state index in [1.165, 1.54) is 22.7 Å². The average Bonchev–Trinajstić information content (AvgIpc) is 3.05. The van der Waals surface area contributed by atoms with Gasteiger partial charge in [-0.3, -0.25) is 9.36 Å². The van der Waals surface area contributed by atoms with Gasteiger partial charge < -0.3 is 14.6 Å². The Morgan fingerprint density at radius 2 is 1.90 bits per heavy atom. The zero-order chi connectivity index (χ0) is 20.7. The first-order valence-electron chi connectivity index (χ1n) is 10.0. The van der Waals surface area contributed by atoms with Crippen molar-refractivity contribution in [2.75, 3.05) is 6.54 Å². The van der Waals surface area contributed by atoms with E-state index >= 15 is 0 Å². The summed E-state index contributed by atoms with van der Waals surface area (Å²) >= 11 is 5.91. The molecular formula is C25H26ClN3O2. The van der Waals surface area contributed by atoms with Crippen LogP contribution < -0.4 is 15.6 Å². The Hall–Kier alpha value is -3.02. The van der Waals surface area contributed by atoms with Crippen molar-refractivity contribution in [3.05, 3.63) is 93.0 Å². The maximum Gasteiger partial charge on any atom is 0.258 e. The summed E-state index contributed by atoms with van der Waals surface area (Å²) in [4.78, 5) is 12.8. The monoisotopic (exact) mass is 435 g/mol. The van der Waals surface area contributed by atoms with Gasteiger partial charge in [-0.25, -0.2) is 0 Å². The number of benzene rings is 2. The average molecular weight is 436 g/mol. The minimum Gasteiger partial charge on any atom is -0.489 e. The molecule has 2 aromatic heterocycles. The van der Waals surface area contributed by atoms with Crippen LogP contribution in [0.5, 0.6) is 5.75 Å². The predicted molar refractivity (Wildman–Crippen MR) is 126 cm³/mol. The lowest BCUT2D eigenvalue weighted by atomic mass is 10.1. The van der Waals surface area contributed by atoms with E-state index < -0.39 is 0 Å². The predicted octanol–water partition coefficient (Wildman–Crippen LogP) is 4.84. The summed E-state index contributed by atoms with van der Waals surface area (Å²) in [7, 11) is 2.10. The Morgan fingerprint density at radius 1 is 1.10 bits per heavy atom. The first kappa shape index (κ1) is 21.2. The topological polar surface area (TPSA) is 48.2 Å². The summed E-state index contributed by atoms with van der Waals surface area (Å²) in [6.45, 7) is 2.28. The molecule has 0 amide bonds. The second-order valence-electron chi connectivity index (χ2n) is 7.60. The molecular weight excluding hydrogens is 410 g/mol. The summed E-state index contributed by atoms with van der Waals surface area (Å²) in [5, 5.41) is 5.38. The Labute approximate surface area is 186 Å². The lowest BCUT2D eigenvalue weighted by molar-refractivity contribution is 0.305. The molecule has 0 aliphatic carbocycles. The maximum absolute atomic E-state index is 12.8. The van der Waals surface area contributed by atoms with E-state index in [9.17, 15) is 4.79 Å². The van der Waals surface area contributed by atoms with E-state index in [0.717, 1.165) is 36.3 Å². The highest BCUT2D eigenvalue weighted by Crippen LogP contribution is 2.29. The van der Waals surface area contributed by atoms with Crippen molar-refractivity contribution in [2.24, 2.45) is 7.05 Å². The van der Waals surface area contributed by atoms with Gasteiger partial charge in [-0.1, -0.05) is 37.2 Å². The number of pyridine rings is 1. The molecule has 3 heterocycles. The Balaban J connectivity index is 0.00000231. The van der Waals surface area contributed by atoms with E-state index in [-0.39, 0.29) is 13.0 Å². The summed E-state index contributed by atoms with van der Waals surface area (Å²) in [5.41, 5.74) is 5.61. The van der Waals surface area contributed by atoms with E-state index in [0.29, 0.717) is 17.4 Å². The fourth-order valence-electron chi connectivity index (χ4n) is 4.15. The van der Waals surface area contributed by atoms with Gasteiger partial charge in [-0.15, -0.1) is 0 Å². The SMILES string of the molecule is C.Cn1c2c(c3ccc(-n4ccc(OCc5ccc(Cl)cc5)cc4=O)cc31)CNCC2. The fourth-order valence-corrected chi connectivity index (χ4v) is 4.28. The standard InChI is InChI=1S/C24H22ClN3O2.CH4/c1-27-22-8-10-26-14-21(22)20-7-6-18(12-23(20)27)28-11-9-19(13-24(28)29)30-15-16-2-4-17(25)5-3-16;/h2-7,9,11-13,26H,8,10,14-15H2,1H3;1H4. The molecule has 0 spiro atoms. The number of halogens is 1. The number of hydrogen-bond acceptors (Lipinski definition) is 3. The van der Waals surface area contributed by atoms with Gasteiger partial charge in [0.1, 0.15) is 12.4 Å². The maximum atomic E-state index is 12.8. The zero-order valence-electron chi connectivity index (χ0n) is 16.7. The third-order valence-corrected chi connectivity index (χ3v) is 6.00. The molecule has 5 rings (SSSR count). The summed E-state index contributed by atoms with van der Waals surface area (Å²) in [6, 6.07) is 17.0. The Morgan fingerprint density at radius 3 is 2.68 bits per heavy atom. The molecule has 0 saturated carbocycles. The largest absolute Gasteiger partial charge is 0.489 e. The van der Waals surface area contributed by atoms with Crippen molar-refractivity contribution in [1.29, 1.82) is 0 Å². The van der Waals surface area contributed by atoms with Crippen LogP contribution in [0, 0.1) is 0 Å². The van der Waals surface area contributed by atoms with Crippen LogP contribution in [0.2, 0.25) is 5.02 Å². The second-order valence-corrected chi connectivity index (χ2v) is 8.03. The first-order chi connectivity index (χ1) is 14.6. The Kier molecular flexibility index (Phi) is 5.90. The molecule has 1 N–H and O–H groups in total. The minimum absolute atomic E-state index is 0. The van der Waals surface area contributed by atoms with Gasteiger partial charge in [0.05, 0.1) is 11.2 Å². The van der Waals surface area contributed by atoms with Gasteiger partial charge in [0.25, 0.3) is 5.56 Å². The van der Waals surface area contributed by atoms with Gasteiger partial charge in [0.15, 0.2) is 0 Å². The van der Waals surface area contributed by atoms with E-state index in [2.05, 4.69) is 29.1 Å². The van der Waals surface area contributed by atoms with Crippen LogP contribution in [-0.2, 0) is 26.6 Å². The van der Waals surface area contributed by atoms with Crippen molar-refractivity contribution in [3.63, 3.8) is 0 Å². The smallest absolute Gasteiger partial charge is 0.258 e. The highest BCUT2D eigenvalue weighted by atomic mass is 35.5. The van der Waals surface area contributed by atoms with Crippen molar-refractivity contribution in [3.8, 4) is 11.4 Å². The minimum atomic E-state index is -0.122. The lowest BCUT2D eigenvalue weighted by Crippen LogP contribution is -2.24. The molecule has 0 atom stereocenters. The number of nitrogens with zero attached hydrogens (tertiary/aromatic N) is 2. The normalized spacial score (nSPS) is 13.0. The van der Waals surface area contributed by atoms with Crippen LogP contribution in [-0.4, -0.2) is 15.7 Å². The number of rotatable bonds is 4. The van der Waals surface area contributed by atoms with Crippen molar-refractivity contribution < 1.29 is 4.74 Å². The number of aryl methyl sites for hydroxylation is 1. The Bertz CT molecular complexity index is 1290. The van der Waals surface area contributed by atoms with Crippen LogP contribution in [0.4, 0.5) is 0 Å². The van der Waals surface area contributed by atoms with Gasteiger partial charge >= 0.3 is 0 Å². The molecule has 0 unspecified atom stereocenters. The molecule has 160 valence electrons. The van der Waals surface area contributed by atoms with Crippen LogP contribution in [0.3, 0.4) is 0 Å². The van der Waals surface area contributed by atoms with E-state index in [1.807, 2.05) is 36.4 Å². The molecule has 5 nitrogen and oxygen atoms in total. The third kappa shape index (κ3) is 3.99. The molecule has 31 heavy (non-hydrogen) atoms. The third-order valence-electron chi connectivity index (χ3n) is 5.75. The summed E-state index contributed by atoms with van der Waals surface area (Å²) in [5.74, 6) is 0.549. The van der Waals surface area contributed by atoms with E-state index in [4.69, 9.17) is 16.3 Å². The molecule has 2 aromatic carbocycles. The summed E-state index contributed by atoms with van der Waals surface area (Å²) in [6.07, 6.45) is 2.79. The number of aromatic nitrogens is 2. The second kappa shape index (κ2) is 8.61. The van der Waals surface area contributed by atoms with Crippen molar-refractivity contribution in [1.82, 2.24) is 14.5 Å². The number of fused-ring (bicyclic) bond motifs is 3. The zero-order valence-corrected chi connectivity index (χ0v) is 17.4. The molecule has 0 fully saturated rings. The summed E-state index contributed by atoms with van der Waals surface area (Å²) < 4.78 is 9.69. The molecule has 4 aromatic rings. The molecule has 0 radical (unpaired) electrons. The lowest BCUT2D eigenvalue weighted by Gasteiger charge is -2.14. The van der Waals surface area contributed by atoms with Gasteiger partial charge in [-0.05, 0) is 41.5 Å². The van der Waals surface area contributed by atoms with E-state index in [1.54, 1.807) is 10.8 Å². The number of ether oxygens (including phenoxy) is 1. The molecule has 1 aliphatic heterocycles. The highest BCUT2D eigenvalue weighted by Gasteiger charge is 2.18. The molecule has 0 saturated heterocycles. The van der Waals surface area contributed by atoms with Crippen LogP contribution >= 0.6 is 11.6 Å². The van der Waals surface area contributed by atoms with Gasteiger partial charge in [0, 0.05) is 54.9 Å². The van der Waals surface area contributed by atoms with Gasteiger partial charge in [-0.2, -0.15) is 0 Å². The van der Waals surface area contributed by atoms with Crippen LogP contribution in [0.1, 0.15) is 24.2 Å². The van der Waals surface area contributed by atoms with Crippen LogP contribution in [0.15, 0.2) is 65.6 Å².